The summed E-state index contributed by atoms with van der Waals surface area (Å²) in [7, 11) is 2.11. The maximum atomic E-state index is 12.9. The van der Waals surface area contributed by atoms with Gasteiger partial charge in [-0.2, -0.15) is 0 Å². The summed E-state index contributed by atoms with van der Waals surface area (Å²) in [4.78, 5) is 12.4. The number of furan rings is 1. The van der Waals surface area contributed by atoms with E-state index < -0.39 is 5.82 Å². The van der Waals surface area contributed by atoms with Crippen LogP contribution in [0.1, 0.15) is 18.6 Å². The summed E-state index contributed by atoms with van der Waals surface area (Å²) in [6.45, 7) is 4.17. The molecular formula is C18H23FN4O2. The molecule has 0 amide bonds. The normalized spacial score (nSPS) is 22.4. The molecule has 134 valence electrons. The Morgan fingerprint density at radius 1 is 1.36 bits per heavy atom. The van der Waals surface area contributed by atoms with Crippen LogP contribution in [-0.2, 0) is 11.3 Å². The first kappa shape index (κ1) is 16.5. The van der Waals surface area contributed by atoms with Crippen molar-refractivity contribution in [3.05, 3.63) is 42.4 Å². The first-order valence-corrected chi connectivity index (χ1v) is 8.69. The molecule has 4 heterocycles. The second kappa shape index (κ2) is 6.72. The maximum absolute atomic E-state index is 12.9. The van der Waals surface area contributed by atoms with Gasteiger partial charge in [-0.05, 0) is 37.9 Å². The zero-order valence-corrected chi connectivity index (χ0v) is 14.4. The third-order valence-electron chi connectivity index (χ3n) is 5.06. The Bertz CT molecular complexity index is 676. The van der Waals surface area contributed by atoms with Gasteiger partial charge in [0.25, 0.3) is 0 Å². The van der Waals surface area contributed by atoms with Crippen LogP contribution in [0, 0.1) is 11.7 Å². The lowest BCUT2D eigenvalue weighted by atomic mass is 9.83. The zero-order chi connectivity index (χ0) is 17.3. The molecule has 0 bridgehead atoms. The SMILES string of the molecule is CN(Cc1ccco1)CC1CCC2(CN(c3ncc(F)cn3)C2)OC1. The van der Waals surface area contributed by atoms with E-state index in [9.17, 15) is 4.39 Å². The number of anilines is 1. The molecule has 0 aromatic carbocycles. The molecule has 1 unspecified atom stereocenters. The van der Waals surface area contributed by atoms with Gasteiger partial charge in [0, 0.05) is 6.54 Å². The van der Waals surface area contributed by atoms with Crippen LogP contribution in [0.2, 0.25) is 0 Å². The van der Waals surface area contributed by atoms with E-state index in [0.717, 1.165) is 51.4 Å². The molecule has 0 saturated carbocycles. The predicted molar refractivity (Wildman–Crippen MR) is 90.7 cm³/mol. The van der Waals surface area contributed by atoms with Crippen LogP contribution in [-0.4, -0.2) is 53.8 Å². The molecule has 2 aliphatic heterocycles. The molecule has 0 radical (unpaired) electrons. The van der Waals surface area contributed by atoms with Gasteiger partial charge in [-0.15, -0.1) is 0 Å². The van der Waals surface area contributed by atoms with E-state index in [1.165, 1.54) is 12.4 Å². The van der Waals surface area contributed by atoms with Crippen molar-refractivity contribution in [2.45, 2.75) is 25.0 Å². The Morgan fingerprint density at radius 3 is 2.80 bits per heavy atom. The summed E-state index contributed by atoms with van der Waals surface area (Å²) in [5.74, 6) is 1.71. The Labute approximate surface area is 146 Å². The van der Waals surface area contributed by atoms with E-state index in [0.29, 0.717) is 11.9 Å². The first-order valence-electron chi connectivity index (χ1n) is 8.69. The van der Waals surface area contributed by atoms with Crippen LogP contribution in [0.4, 0.5) is 10.3 Å². The largest absolute Gasteiger partial charge is 0.468 e. The average Bonchev–Trinajstić information content (AvgIpc) is 3.07. The van der Waals surface area contributed by atoms with E-state index in [-0.39, 0.29) is 5.60 Å². The topological polar surface area (TPSA) is 54.6 Å². The highest BCUT2D eigenvalue weighted by molar-refractivity contribution is 5.37. The van der Waals surface area contributed by atoms with Crippen molar-refractivity contribution in [1.29, 1.82) is 0 Å². The van der Waals surface area contributed by atoms with Gasteiger partial charge in [-0.25, -0.2) is 14.4 Å². The fourth-order valence-electron chi connectivity index (χ4n) is 3.74. The van der Waals surface area contributed by atoms with E-state index in [1.807, 2.05) is 17.0 Å². The molecule has 0 aliphatic carbocycles. The van der Waals surface area contributed by atoms with Gasteiger partial charge in [0.2, 0.25) is 5.95 Å². The summed E-state index contributed by atoms with van der Waals surface area (Å²) in [5, 5.41) is 0. The van der Waals surface area contributed by atoms with E-state index in [2.05, 4.69) is 21.9 Å². The van der Waals surface area contributed by atoms with Crippen molar-refractivity contribution in [3.8, 4) is 0 Å². The highest BCUT2D eigenvalue weighted by Crippen LogP contribution is 2.37. The standard InChI is InChI=1S/C18H23FN4O2/c1-22(10-16-3-2-6-24-16)9-14-4-5-18(25-11-14)12-23(13-18)17-20-7-15(19)8-21-17/h2-3,6-8,14H,4-5,9-13H2,1H3. The number of aromatic nitrogens is 2. The number of hydrogen-bond donors (Lipinski definition) is 0. The van der Waals surface area contributed by atoms with Crippen molar-refractivity contribution in [2.75, 3.05) is 38.2 Å². The Morgan fingerprint density at radius 2 is 2.16 bits per heavy atom. The van der Waals surface area contributed by atoms with Crippen LogP contribution in [0.15, 0.2) is 35.2 Å². The van der Waals surface area contributed by atoms with Crippen LogP contribution >= 0.6 is 0 Å². The number of nitrogens with zero attached hydrogens (tertiary/aromatic N) is 4. The molecule has 0 N–H and O–H groups in total. The molecule has 1 atom stereocenters. The number of hydrogen-bond acceptors (Lipinski definition) is 6. The van der Waals surface area contributed by atoms with Gasteiger partial charge < -0.3 is 14.1 Å². The summed E-state index contributed by atoms with van der Waals surface area (Å²) in [5.41, 5.74) is -0.0756. The Kier molecular flexibility index (Phi) is 4.43. The lowest BCUT2D eigenvalue weighted by Crippen LogP contribution is -2.65. The van der Waals surface area contributed by atoms with Gasteiger partial charge in [0.05, 0.1) is 44.9 Å². The van der Waals surface area contributed by atoms with Crippen LogP contribution in [0.5, 0.6) is 0 Å². The van der Waals surface area contributed by atoms with Gasteiger partial charge in [-0.1, -0.05) is 0 Å². The Hall–Kier alpha value is -1.99. The molecule has 4 rings (SSSR count). The highest BCUT2D eigenvalue weighted by atomic mass is 19.1. The van der Waals surface area contributed by atoms with Crippen molar-refractivity contribution in [1.82, 2.24) is 14.9 Å². The predicted octanol–water partition coefficient (Wildman–Crippen LogP) is 2.33. The molecule has 6 nitrogen and oxygen atoms in total. The number of halogens is 1. The molecule has 2 fully saturated rings. The van der Waals surface area contributed by atoms with Crippen LogP contribution < -0.4 is 4.90 Å². The minimum absolute atomic E-state index is 0.0756. The highest BCUT2D eigenvalue weighted by Gasteiger charge is 2.47. The molecule has 25 heavy (non-hydrogen) atoms. The molecule has 2 saturated heterocycles. The quantitative estimate of drug-likeness (QED) is 0.828. The third kappa shape index (κ3) is 3.67. The molecule has 2 aromatic heterocycles. The van der Waals surface area contributed by atoms with Crippen molar-refractivity contribution < 1.29 is 13.5 Å². The summed E-state index contributed by atoms with van der Waals surface area (Å²) >= 11 is 0. The monoisotopic (exact) mass is 346 g/mol. The van der Waals surface area contributed by atoms with E-state index in [4.69, 9.17) is 9.15 Å². The summed E-state index contributed by atoms with van der Waals surface area (Å²) in [6, 6.07) is 3.92. The lowest BCUT2D eigenvalue weighted by Gasteiger charge is -2.52. The zero-order valence-electron chi connectivity index (χ0n) is 14.4. The van der Waals surface area contributed by atoms with Crippen LogP contribution in [0.25, 0.3) is 0 Å². The summed E-state index contributed by atoms with van der Waals surface area (Å²) < 4.78 is 24.5. The molecule has 2 aromatic rings. The van der Waals surface area contributed by atoms with Gasteiger partial charge in [0.15, 0.2) is 5.82 Å². The average molecular weight is 346 g/mol. The van der Waals surface area contributed by atoms with Gasteiger partial charge >= 0.3 is 0 Å². The van der Waals surface area contributed by atoms with Crippen LogP contribution in [0.3, 0.4) is 0 Å². The first-order chi connectivity index (χ1) is 12.1. The minimum Gasteiger partial charge on any atom is -0.468 e. The minimum atomic E-state index is -0.408. The number of rotatable bonds is 5. The van der Waals surface area contributed by atoms with Crippen molar-refractivity contribution >= 4 is 5.95 Å². The Balaban J connectivity index is 1.23. The molecule has 7 heteroatoms. The van der Waals surface area contributed by atoms with Gasteiger partial charge in [-0.3, -0.25) is 4.90 Å². The van der Waals surface area contributed by atoms with E-state index >= 15 is 0 Å². The molecular weight excluding hydrogens is 323 g/mol. The van der Waals surface area contributed by atoms with E-state index in [1.54, 1.807) is 6.26 Å². The number of ether oxygens (including phenoxy) is 1. The summed E-state index contributed by atoms with van der Waals surface area (Å²) in [6.07, 6.45) is 6.33. The smallest absolute Gasteiger partial charge is 0.225 e. The molecule has 1 spiro atoms. The third-order valence-corrected chi connectivity index (χ3v) is 5.06. The second-order valence-electron chi connectivity index (χ2n) is 7.23. The fourth-order valence-corrected chi connectivity index (χ4v) is 3.74. The fraction of sp³-hybridized carbons (Fsp3) is 0.556. The second-order valence-corrected chi connectivity index (χ2v) is 7.23. The van der Waals surface area contributed by atoms with Crippen molar-refractivity contribution in [2.24, 2.45) is 5.92 Å². The maximum Gasteiger partial charge on any atom is 0.225 e. The molecule has 2 aliphatic rings. The van der Waals surface area contributed by atoms with Crippen molar-refractivity contribution in [3.63, 3.8) is 0 Å². The van der Waals surface area contributed by atoms with Gasteiger partial charge in [0.1, 0.15) is 11.4 Å². The lowest BCUT2D eigenvalue weighted by molar-refractivity contribution is -0.119.